The lowest BCUT2D eigenvalue weighted by atomic mass is 10.4. The minimum Gasteiger partial charge on any atom is -0.282 e. The zero-order valence-electron chi connectivity index (χ0n) is 7.18. The third-order valence-electron chi connectivity index (χ3n) is 1.47. The molecule has 0 spiro atoms. The molecule has 0 aromatic heterocycles. The predicted molar refractivity (Wildman–Crippen MR) is 57.7 cm³/mol. The van der Waals surface area contributed by atoms with Crippen LogP contribution in [0.25, 0.3) is 0 Å². The van der Waals surface area contributed by atoms with Crippen molar-refractivity contribution in [1.29, 1.82) is 0 Å². The van der Waals surface area contributed by atoms with Crippen LogP contribution in [-0.2, 0) is 10.1 Å². The van der Waals surface area contributed by atoms with Crippen molar-refractivity contribution in [1.82, 2.24) is 0 Å². The minimum atomic E-state index is -4.08. The van der Waals surface area contributed by atoms with E-state index in [1.165, 1.54) is 23.9 Å². The molecule has 0 amide bonds. The molecule has 0 fully saturated rings. The summed E-state index contributed by atoms with van der Waals surface area (Å²) < 4.78 is 30.1. The van der Waals surface area contributed by atoms with E-state index in [1.54, 1.807) is 12.1 Å². The third kappa shape index (κ3) is 3.49. The Balaban J connectivity index is 2.79. The molecular weight excluding hydrogens is 244 g/mol. The summed E-state index contributed by atoms with van der Waals surface area (Å²) in [7, 11) is -4.08. The van der Waals surface area contributed by atoms with Crippen LogP contribution in [0.1, 0.15) is 0 Å². The van der Waals surface area contributed by atoms with Gasteiger partial charge in [0.25, 0.3) is 10.1 Å². The van der Waals surface area contributed by atoms with Crippen molar-refractivity contribution < 1.29 is 13.0 Å². The third-order valence-corrected chi connectivity index (χ3v) is 3.76. The number of halogens is 1. The molecule has 1 aromatic carbocycles. The van der Waals surface area contributed by atoms with Gasteiger partial charge >= 0.3 is 0 Å². The summed E-state index contributed by atoms with van der Waals surface area (Å²) in [5.74, 6) is 1.32. The van der Waals surface area contributed by atoms with Gasteiger partial charge in [0, 0.05) is 16.5 Å². The van der Waals surface area contributed by atoms with Crippen LogP contribution >= 0.6 is 23.4 Å². The lowest BCUT2D eigenvalue weighted by Crippen LogP contribution is -1.97. The standard InChI is InChI=1S/C8H9ClO3S2/c9-5-6-13-7-1-3-8(4-2-7)14(10,11)12/h1-4H,5-6H2,(H,10,11,12). The molecule has 6 heteroatoms. The van der Waals surface area contributed by atoms with Gasteiger partial charge in [0.1, 0.15) is 0 Å². The van der Waals surface area contributed by atoms with Gasteiger partial charge < -0.3 is 0 Å². The second kappa shape index (κ2) is 5.02. The van der Waals surface area contributed by atoms with Gasteiger partial charge in [-0.2, -0.15) is 8.42 Å². The molecule has 0 unspecified atom stereocenters. The van der Waals surface area contributed by atoms with E-state index in [2.05, 4.69) is 0 Å². The summed E-state index contributed by atoms with van der Waals surface area (Å²) in [6.45, 7) is 0. The zero-order valence-corrected chi connectivity index (χ0v) is 9.57. The monoisotopic (exact) mass is 252 g/mol. The SMILES string of the molecule is O=S(=O)(O)c1ccc(SCCCl)cc1. The maximum absolute atomic E-state index is 10.7. The highest BCUT2D eigenvalue weighted by Crippen LogP contribution is 2.20. The number of thioether (sulfide) groups is 1. The first-order chi connectivity index (χ1) is 6.54. The van der Waals surface area contributed by atoms with E-state index in [0.29, 0.717) is 5.88 Å². The predicted octanol–water partition coefficient (Wildman–Crippen LogP) is 2.26. The van der Waals surface area contributed by atoms with Gasteiger partial charge in [0.2, 0.25) is 0 Å². The Kier molecular flexibility index (Phi) is 4.25. The Hall–Kier alpha value is -0.230. The van der Waals surface area contributed by atoms with Crippen molar-refractivity contribution in [2.45, 2.75) is 9.79 Å². The highest BCUT2D eigenvalue weighted by Gasteiger charge is 2.07. The number of rotatable bonds is 4. The number of hydrogen-bond acceptors (Lipinski definition) is 3. The van der Waals surface area contributed by atoms with Gasteiger partial charge in [-0.25, -0.2) is 0 Å². The fourth-order valence-corrected chi connectivity index (χ4v) is 2.22. The zero-order chi connectivity index (χ0) is 10.6. The molecule has 0 saturated heterocycles. The molecule has 0 aliphatic carbocycles. The van der Waals surface area contributed by atoms with Crippen LogP contribution in [0.3, 0.4) is 0 Å². The highest BCUT2D eigenvalue weighted by atomic mass is 35.5. The molecule has 1 rings (SSSR count). The second-order valence-corrected chi connectivity index (χ2v) is 5.45. The van der Waals surface area contributed by atoms with E-state index in [4.69, 9.17) is 16.2 Å². The van der Waals surface area contributed by atoms with Crippen LogP contribution in [0.15, 0.2) is 34.1 Å². The molecule has 0 atom stereocenters. The fourth-order valence-electron chi connectivity index (χ4n) is 0.864. The first kappa shape index (κ1) is 11.8. The molecule has 0 aliphatic heterocycles. The van der Waals surface area contributed by atoms with Crippen molar-refractivity contribution in [3.05, 3.63) is 24.3 Å². The Bertz CT molecular complexity index is 386. The Morgan fingerprint density at radius 1 is 1.29 bits per heavy atom. The van der Waals surface area contributed by atoms with E-state index in [9.17, 15) is 8.42 Å². The molecule has 0 radical (unpaired) electrons. The Labute approximate surface area is 92.2 Å². The first-order valence-electron chi connectivity index (χ1n) is 3.80. The number of hydrogen-bond donors (Lipinski definition) is 1. The number of alkyl halides is 1. The molecule has 78 valence electrons. The molecular formula is C8H9ClO3S2. The molecule has 0 aliphatic rings. The highest BCUT2D eigenvalue weighted by molar-refractivity contribution is 7.99. The Morgan fingerprint density at radius 2 is 1.86 bits per heavy atom. The summed E-state index contributed by atoms with van der Waals surface area (Å²) in [6, 6.07) is 6.01. The van der Waals surface area contributed by atoms with Gasteiger partial charge in [-0.15, -0.1) is 23.4 Å². The largest absolute Gasteiger partial charge is 0.294 e. The summed E-state index contributed by atoms with van der Waals surface area (Å²) in [4.78, 5) is 0.839. The molecule has 1 N–H and O–H groups in total. The normalized spacial score (nSPS) is 11.6. The molecule has 1 aromatic rings. The van der Waals surface area contributed by atoms with Crippen molar-refractivity contribution in [2.24, 2.45) is 0 Å². The smallest absolute Gasteiger partial charge is 0.282 e. The van der Waals surface area contributed by atoms with Crippen LogP contribution in [0.2, 0.25) is 0 Å². The quantitative estimate of drug-likeness (QED) is 0.507. The molecule has 3 nitrogen and oxygen atoms in total. The fraction of sp³-hybridized carbons (Fsp3) is 0.250. The summed E-state index contributed by atoms with van der Waals surface area (Å²) >= 11 is 7.03. The summed E-state index contributed by atoms with van der Waals surface area (Å²) in [5, 5.41) is 0. The number of benzene rings is 1. The minimum absolute atomic E-state index is 0.0901. The van der Waals surface area contributed by atoms with E-state index < -0.39 is 10.1 Å². The van der Waals surface area contributed by atoms with Crippen molar-refractivity contribution in [2.75, 3.05) is 11.6 Å². The van der Waals surface area contributed by atoms with Crippen LogP contribution in [0.4, 0.5) is 0 Å². The van der Waals surface area contributed by atoms with Crippen LogP contribution in [-0.4, -0.2) is 24.6 Å². The average Bonchev–Trinajstić information content (AvgIpc) is 2.14. The molecule has 0 heterocycles. The topological polar surface area (TPSA) is 54.4 Å². The Morgan fingerprint density at radius 3 is 2.29 bits per heavy atom. The van der Waals surface area contributed by atoms with Crippen molar-refractivity contribution in [3.8, 4) is 0 Å². The van der Waals surface area contributed by atoms with Gasteiger partial charge in [-0.05, 0) is 24.3 Å². The lowest BCUT2D eigenvalue weighted by Gasteiger charge is -2.00. The van der Waals surface area contributed by atoms with Gasteiger partial charge in [-0.1, -0.05) is 0 Å². The van der Waals surface area contributed by atoms with Gasteiger partial charge in [-0.3, -0.25) is 4.55 Å². The van der Waals surface area contributed by atoms with Crippen LogP contribution in [0.5, 0.6) is 0 Å². The van der Waals surface area contributed by atoms with E-state index in [-0.39, 0.29) is 4.90 Å². The maximum Gasteiger partial charge on any atom is 0.294 e. The van der Waals surface area contributed by atoms with Crippen LogP contribution < -0.4 is 0 Å². The molecule has 0 bridgehead atoms. The van der Waals surface area contributed by atoms with Crippen LogP contribution in [0, 0.1) is 0 Å². The first-order valence-corrected chi connectivity index (χ1v) is 6.76. The van der Waals surface area contributed by atoms with E-state index in [0.717, 1.165) is 10.6 Å². The molecule has 0 saturated carbocycles. The summed E-state index contributed by atoms with van der Waals surface area (Å²) in [6.07, 6.45) is 0. The van der Waals surface area contributed by atoms with Crippen molar-refractivity contribution in [3.63, 3.8) is 0 Å². The van der Waals surface area contributed by atoms with Gasteiger partial charge in [0.05, 0.1) is 4.90 Å². The second-order valence-electron chi connectivity index (χ2n) is 2.48. The average molecular weight is 253 g/mol. The molecule has 14 heavy (non-hydrogen) atoms. The van der Waals surface area contributed by atoms with Crippen molar-refractivity contribution >= 4 is 33.5 Å². The lowest BCUT2D eigenvalue weighted by molar-refractivity contribution is 0.483. The van der Waals surface area contributed by atoms with E-state index in [1.807, 2.05) is 0 Å². The maximum atomic E-state index is 10.7. The summed E-state index contributed by atoms with van der Waals surface area (Å²) in [5.41, 5.74) is 0. The van der Waals surface area contributed by atoms with E-state index >= 15 is 0 Å². The van der Waals surface area contributed by atoms with Gasteiger partial charge in [0.15, 0.2) is 0 Å².